The number of amidine groups is 1. The van der Waals surface area contributed by atoms with Crippen LogP contribution < -0.4 is 11.2 Å². The summed E-state index contributed by atoms with van der Waals surface area (Å²) >= 11 is 1.41. The molecule has 1 N–H and O–H groups in total. The third kappa shape index (κ3) is 2.83. The normalized spacial score (nSPS) is 30.9. The summed E-state index contributed by atoms with van der Waals surface area (Å²) in [5, 5.41) is 0.632. The van der Waals surface area contributed by atoms with Crippen molar-refractivity contribution in [3.8, 4) is 0 Å². The molecule has 2 bridgehead atoms. The van der Waals surface area contributed by atoms with Gasteiger partial charge in [0, 0.05) is 31.1 Å². The van der Waals surface area contributed by atoms with Gasteiger partial charge in [-0.3, -0.25) is 19.1 Å². The monoisotopic (exact) mass is 380 g/mol. The number of carbonyl (C=O) groups is 1. The van der Waals surface area contributed by atoms with Crippen LogP contribution in [0.15, 0.2) is 20.8 Å². The second kappa shape index (κ2) is 6.70. The summed E-state index contributed by atoms with van der Waals surface area (Å²) in [7, 11) is 0. The van der Waals surface area contributed by atoms with Crippen molar-refractivity contribution in [2.45, 2.75) is 52.0 Å². The quantitative estimate of drug-likeness (QED) is 0.610. The van der Waals surface area contributed by atoms with Crippen molar-refractivity contribution in [3.05, 3.63) is 32.6 Å². The number of aliphatic imine (C=N–C) groups is 1. The molecule has 4 atom stereocenters. The van der Waals surface area contributed by atoms with Gasteiger partial charge in [0.2, 0.25) is 5.91 Å². The number of carbonyl (C=O) groups excluding carboxylic acids is 1. The molecule has 1 amide bonds. The minimum absolute atomic E-state index is 0.140. The molecule has 8 nitrogen and oxygen atoms in total. The van der Waals surface area contributed by atoms with Gasteiger partial charge >= 0.3 is 5.69 Å². The largest absolute Gasteiger partial charge is 0.347 e. The van der Waals surface area contributed by atoms with Gasteiger partial charge in [-0.25, -0.2) is 4.79 Å². The van der Waals surface area contributed by atoms with Gasteiger partial charge in [0.1, 0.15) is 0 Å². The van der Waals surface area contributed by atoms with Crippen LogP contribution in [0.2, 0.25) is 0 Å². The Morgan fingerprint density at radius 1 is 1.50 bits per heavy atom. The highest BCUT2D eigenvalue weighted by molar-refractivity contribution is 8.13. The summed E-state index contributed by atoms with van der Waals surface area (Å²) in [6.45, 7) is 7.86. The smallest absolute Gasteiger partial charge is 0.330 e. The molecule has 2 aliphatic heterocycles. The van der Waals surface area contributed by atoms with E-state index in [0.717, 1.165) is 6.42 Å². The first-order valence-electron chi connectivity index (χ1n) is 8.64. The van der Waals surface area contributed by atoms with Crippen LogP contribution in [0.25, 0.3) is 0 Å². The predicted molar refractivity (Wildman–Crippen MR) is 100 cm³/mol. The fourth-order valence-electron chi connectivity index (χ4n) is 4.05. The van der Waals surface area contributed by atoms with Gasteiger partial charge in [-0.2, -0.15) is 4.99 Å². The van der Waals surface area contributed by atoms with E-state index >= 15 is 0 Å². The van der Waals surface area contributed by atoms with Gasteiger partial charge in [0.05, 0.1) is 11.6 Å². The molecule has 142 valence electrons. The molecule has 2 saturated heterocycles. The number of morpholine rings is 1. The van der Waals surface area contributed by atoms with Crippen LogP contribution in [0.3, 0.4) is 0 Å². The van der Waals surface area contributed by atoms with Crippen molar-refractivity contribution >= 4 is 22.8 Å². The number of hydrogen-bond donors (Lipinski definition) is 1. The average Bonchev–Trinajstić information content (AvgIpc) is 3.03. The van der Waals surface area contributed by atoms with Gasteiger partial charge in [0.15, 0.2) is 11.4 Å². The highest BCUT2D eigenvalue weighted by Gasteiger charge is 2.62. The number of amides is 1. The van der Waals surface area contributed by atoms with Crippen molar-refractivity contribution in [3.63, 3.8) is 0 Å². The highest BCUT2D eigenvalue weighted by Crippen LogP contribution is 2.52. The number of rotatable bonds is 2. The van der Waals surface area contributed by atoms with E-state index < -0.39 is 23.1 Å². The Kier molecular flexibility index (Phi) is 4.87. The highest BCUT2D eigenvalue weighted by atomic mass is 32.2. The van der Waals surface area contributed by atoms with Crippen LogP contribution in [-0.4, -0.2) is 50.0 Å². The molecule has 3 heterocycles. The summed E-state index contributed by atoms with van der Waals surface area (Å²) in [5.74, 6) is -0.120. The molecule has 26 heavy (non-hydrogen) atoms. The maximum atomic E-state index is 12.4. The molecule has 9 heteroatoms. The van der Waals surface area contributed by atoms with Crippen LogP contribution in [0.4, 0.5) is 0 Å². The maximum absolute atomic E-state index is 12.4. The predicted octanol–water partition coefficient (Wildman–Crippen LogP) is 1.11. The number of ether oxygens (including phenoxy) is 1. The summed E-state index contributed by atoms with van der Waals surface area (Å²) in [4.78, 5) is 44.2. The van der Waals surface area contributed by atoms with Crippen molar-refractivity contribution in [1.82, 2.24) is 14.5 Å². The van der Waals surface area contributed by atoms with E-state index in [-0.39, 0.29) is 17.9 Å². The minimum atomic E-state index is -0.550. The third-order valence-electron chi connectivity index (χ3n) is 5.49. The summed E-state index contributed by atoms with van der Waals surface area (Å²) < 4.78 is 7.80. The Bertz CT molecular complexity index is 876. The zero-order valence-corrected chi connectivity index (χ0v) is 16.4. The molecular weight excluding hydrogens is 356 g/mol. The van der Waals surface area contributed by atoms with Crippen molar-refractivity contribution < 1.29 is 9.53 Å². The molecule has 0 saturated carbocycles. The Balaban J connectivity index is 2.10. The SMILES string of the molecule is CC[C@@]12CN(C(=NC(C)=O)SC)[C@@H]([C@H](n3cc(C)c(=O)[nH]c3=O)O1)[C@@H]2C. The first-order valence-corrected chi connectivity index (χ1v) is 9.86. The van der Waals surface area contributed by atoms with E-state index in [1.165, 1.54) is 23.3 Å². The molecular formula is C17H24N4O4S. The van der Waals surface area contributed by atoms with Gasteiger partial charge in [-0.15, -0.1) is 0 Å². The third-order valence-corrected chi connectivity index (χ3v) is 6.18. The van der Waals surface area contributed by atoms with Crippen LogP contribution in [0.5, 0.6) is 0 Å². The lowest BCUT2D eigenvalue weighted by atomic mass is 9.88. The second-order valence-electron chi connectivity index (χ2n) is 6.93. The van der Waals surface area contributed by atoms with Gasteiger partial charge in [-0.1, -0.05) is 25.6 Å². The molecule has 1 aromatic heterocycles. The van der Waals surface area contributed by atoms with Crippen molar-refractivity contribution in [2.24, 2.45) is 10.9 Å². The summed E-state index contributed by atoms with van der Waals surface area (Å²) in [6.07, 6.45) is 3.65. The zero-order chi connectivity index (χ0) is 19.2. The standard InChI is InChI=1S/C17H24N4O4S/c1-6-17-8-21(16(26-5)18-11(4)22)12(10(17)3)14(25-17)20-7-9(2)13(23)19-15(20)24/h7,10,12,14H,6,8H2,1-5H3,(H,19,23,24)/t10-,12+,14+,17-/m0/s1. The van der Waals surface area contributed by atoms with Gasteiger partial charge in [0.25, 0.3) is 5.56 Å². The fraction of sp³-hybridized carbons (Fsp3) is 0.647. The molecule has 0 aliphatic carbocycles. The molecule has 0 unspecified atom stereocenters. The molecule has 0 radical (unpaired) electrons. The summed E-state index contributed by atoms with van der Waals surface area (Å²) in [5.41, 5.74) is -0.868. The van der Waals surface area contributed by atoms with Gasteiger partial charge in [-0.05, 0) is 19.6 Å². The van der Waals surface area contributed by atoms with E-state index in [1.807, 2.05) is 6.26 Å². The van der Waals surface area contributed by atoms with E-state index in [1.54, 1.807) is 13.1 Å². The van der Waals surface area contributed by atoms with Crippen molar-refractivity contribution in [2.75, 3.05) is 12.8 Å². The van der Waals surface area contributed by atoms with Crippen LogP contribution >= 0.6 is 11.8 Å². The zero-order valence-electron chi connectivity index (χ0n) is 15.6. The molecule has 3 rings (SSSR count). The van der Waals surface area contributed by atoms with E-state index in [0.29, 0.717) is 17.3 Å². The van der Waals surface area contributed by atoms with E-state index in [4.69, 9.17) is 4.74 Å². The molecule has 0 aromatic carbocycles. The van der Waals surface area contributed by atoms with Gasteiger partial charge < -0.3 is 9.64 Å². The number of aromatic nitrogens is 2. The van der Waals surface area contributed by atoms with Crippen LogP contribution in [-0.2, 0) is 9.53 Å². The number of nitrogens with zero attached hydrogens (tertiary/aromatic N) is 3. The lowest BCUT2D eigenvalue weighted by Crippen LogP contribution is -2.50. The number of aromatic amines is 1. The molecule has 2 fully saturated rings. The fourth-order valence-corrected chi connectivity index (χ4v) is 4.69. The number of likely N-dealkylation sites (tertiary alicyclic amines) is 1. The van der Waals surface area contributed by atoms with Crippen LogP contribution in [0, 0.1) is 12.8 Å². The topological polar surface area (TPSA) is 96.8 Å². The lowest BCUT2D eigenvalue weighted by Gasteiger charge is -2.38. The van der Waals surface area contributed by atoms with E-state index in [9.17, 15) is 14.4 Å². The van der Waals surface area contributed by atoms with E-state index in [2.05, 4.69) is 28.7 Å². The number of H-pyrrole nitrogens is 1. The Morgan fingerprint density at radius 3 is 2.73 bits per heavy atom. The van der Waals surface area contributed by atoms with Crippen molar-refractivity contribution in [1.29, 1.82) is 0 Å². The molecule has 0 spiro atoms. The number of thioether (sulfide) groups is 1. The molecule has 2 aliphatic rings. The first kappa shape index (κ1) is 18.9. The number of aryl methyl sites for hydroxylation is 1. The van der Waals surface area contributed by atoms with Crippen LogP contribution in [0.1, 0.15) is 39.0 Å². The molecule has 1 aromatic rings. The number of hydrogen-bond acceptors (Lipinski definition) is 5. The average molecular weight is 380 g/mol. The Labute approximate surface area is 155 Å². The lowest BCUT2D eigenvalue weighted by molar-refractivity contribution is -0.122. The Morgan fingerprint density at radius 2 is 2.19 bits per heavy atom. The Hall–Kier alpha value is -1.87. The summed E-state index contributed by atoms with van der Waals surface area (Å²) in [6, 6.07) is -0.150. The second-order valence-corrected chi connectivity index (χ2v) is 7.70. The number of nitrogens with one attached hydrogen (secondary N) is 1. The minimum Gasteiger partial charge on any atom is -0.347 e. The maximum Gasteiger partial charge on any atom is 0.330 e. The number of fused-ring (bicyclic) bond motifs is 2. The first-order chi connectivity index (χ1) is 12.2.